The first-order valence-corrected chi connectivity index (χ1v) is 8.40. The third-order valence-electron chi connectivity index (χ3n) is 3.68. The molecule has 0 amide bonds. The molecule has 0 fully saturated rings. The van der Waals surface area contributed by atoms with E-state index in [1.807, 2.05) is 30.6 Å². The van der Waals surface area contributed by atoms with E-state index in [4.69, 9.17) is 0 Å². The van der Waals surface area contributed by atoms with Gasteiger partial charge in [0.1, 0.15) is 0 Å². The van der Waals surface area contributed by atoms with Gasteiger partial charge in [0.05, 0.1) is 0 Å². The van der Waals surface area contributed by atoms with Crippen molar-refractivity contribution in [3.05, 3.63) is 88.8 Å². The second-order valence-corrected chi connectivity index (χ2v) is 6.64. The molecule has 3 aromatic rings. The Morgan fingerprint density at radius 3 is 2.30 bits per heavy atom. The van der Waals surface area contributed by atoms with Crippen molar-refractivity contribution in [2.24, 2.45) is 0 Å². The van der Waals surface area contributed by atoms with Gasteiger partial charge in [-0.15, -0.1) is 5.75 Å². The molecular formula is C20H16INO. The maximum Gasteiger partial charge on any atom is 0.173 e. The average Bonchev–Trinajstić information content (AvgIpc) is 2.56. The minimum atomic E-state index is 0.0336. The fourth-order valence-corrected chi connectivity index (χ4v) is 2.79. The summed E-state index contributed by atoms with van der Waals surface area (Å²) in [5, 5.41) is 11.4. The van der Waals surface area contributed by atoms with Gasteiger partial charge in [-0.3, -0.25) is 0 Å². The van der Waals surface area contributed by atoms with Crippen molar-refractivity contribution in [3.8, 4) is 16.9 Å². The zero-order valence-electron chi connectivity index (χ0n) is 12.6. The topological polar surface area (TPSA) is 26.9 Å². The van der Waals surface area contributed by atoms with Crippen LogP contribution in [0.25, 0.3) is 16.7 Å². The van der Waals surface area contributed by atoms with Gasteiger partial charge in [0.25, 0.3) is 0 Å². The van der Waals surface area contributed by atoms with Gasteiger partial charge in [-0.05, 0) is 51.4 Å². The summed E-state index contributed by atoms with van der Waals surface area (Å²) < 4.78 is 3.31. The van der Waals surface area contributed by atoms with Crippen LogP contribution in [0.3, 0.4) is 0 Å². The number of benzene rings is 2. The Kier molecular flexibility index (Phi) is 4.76. The SMILES string of the molecule is C=C(C[n+]1ccc(-c2cccc([O-])c2)cc1)c1ccc(I)cc1. The monoisotopic (exact) mass is 413 g/mol. The number of nitrogens with zero attached hydrogens (tertiary/aromatic N) is 1. The fourth-order valence-electron chi connectivity index (χ4n) is 2.43. The molecule has 2 aromatic carbocycles. The number of allylic oxidation sites excluding steroid dienone is 1. The van der Waals surface area contributed by atoms with Gasteiger partial charge in [0.2, 0.25) is 0 Å². The van der Waals surface area contributed by atoms with E-state index in [1.54, 1.807) is 18.2 Å². The number of halogens is 1. The Morgan fingerprint density at radius 2 is 1.65 bits per heavy atom. The van der Waals surface area contributed by atoms with Gasteiger partial charge in [-0.25, -0.2) is 4.57 Å². The van der Waals surface area contributed by atoms with Gasteiger partial charge in [0, 0.05) is 21.3 Å². The van der Waals surface area contributed by atoms with E-state index in [-0.39, 0.29) is 5.75 Å². The lowest BCUT2D eigenvalue weighted by molar-refractivity contribution is -0.684. The van der Waals surface area contributed by atoms with Crippen LogP contribution in [0.2, 0.25) is 0 Å². The van der Waals surface area contributed by atoms with Crippen LogP contribution in [-0.2, 0) is 6.54 Å². The Bertz CT molecular complexity index is 823. The molecule has 0 saturated heterocycles. The average molecular weight is 413 g/mol. The van der Waals surface area contributed by atoms with Crippen LogP contribution in [0, 0.1) is 3.57 Å². The molecular weight excluding hydrogens is 397 g/mol. The molecule has 0 saturated carbocycles. The van der Waals surface area contributed by atoms with Crippen LogP contribution in [0.1, 0.15) is 5.56 Å². The number of hydrogen-bond donors (Lipinski definition) is 0. The summed E-state index contributed by atoms with van der Waals surface area (Å²) >= 11 is 2.30. The molecule has 0 unspecified atom stereocenters. The lowest BCUT2D eigenvalue weighted by Gasteiger charge is -2.08. The predicted molar refractivity (Wildman–Crippen MR) is 99.7 cm³/mol. The number of pyridine rings is 1. The highest BCUT2D eigenvalue weighted by molar-refractivity contribution is 14.1. The molecule has 0 aliphatic carbocycles. The highest BCUT2D eigenvalue weighted by Crippen LogP contribution is 2.21. The molecule has 0 aliphatic rings. The molecule has 3 rings (SSSR count). The second kappa shape index (κ2) is 6.96. The Balaban J connectivity index is 1.75. The number of hydrogen-bond acceptors (Lipinski definition) is 1. The summed E-state index contributed by atoms with van der Waals surface area (Å²) in [5.41, 5.74) is 4.21. The molecule has 114 valence electrons. The number of rotatable bonds is 4. The van der Waals surface area contributed by atoms with Crippen molar-refractivity contribution in [3.63, 3.8) is 0 Å². The maximum absolute atomic E-state index is 11.4. The molecule has 0 aliphatic heterocycles. The number of aromatic nitrogens is 1. The van der Waals surface area contributed by atoms with E-state index < -0.39 is 0 Å². The summed E-state index contributed by atoms with van der Waals surface area (Å²) in [4.78, 5) is 0. The highest BCUT2D eigenvalue weighted by atomic mass is 127. The highest BCUT2D eigenvalue weighted by Gasteiger charge is 2.07. The molecule has 0 bridgehead atoms. The first kappa shape index (κ1) is 15.7. The zero-order valence-corrected chi connectivity index (χ0v) is 14.7. The van der Waals surface area contributed by atoms with Crippen LogP contribution in [-0.4, -0.2) is 0 Å². The maximum atomic E-state index is 11.4. The minimum absolute atomic E-state index is 0.0336. The third kappa shape index (κ3) is 3.99. The molecule has 2 nitrogen and oxygen atoms in total. The fraction of sp³-hybridized carbons (Fsp3) is 0.0500. The molecule has 1 aromatic heterocycles. The first-order chi connectivity index (χ1) is 11.1. The van der Waals surface area contributed by atoms with Gasteiger partial charge < -0.3 is 5.11 Å². The lowest BCUT2D eigenvalue weighted by atomic mass is 10.1. The van der Waals surface area contributed by atoms with Crippen molar-refractivity contribution in [2.45, 2.75) is 6.54 Å². The van der Waals surface area contributed by atoms with Crippen molar-refractivity contribution >= 4 is 28.2 Å². The van der Waals surface area contributed by atoms with E-state index in [0.29, 0.717) is 0 Å². The smallest absolute Gasteiger partial charge is 0.173 e. The molecule has 0 radical (unpaired) electrons. The summed E-state index contributed by atoms with van der Waals surface area (Å²) in [7, 11) is 0. The first-order valence-electron chi connectivity index (χ1n) is 7.32. The van der Waals surface area contributed by atoms with Crippen LogP contribution >= 0.6 is 22.6 Å². The largest absolute Gasteiger partial charge is 0.872 e. The second-order valence-electron chi connectivity index (χ2n) is 5.40. The zero-order chi connectivity index (χ0) is 16.2. The van der Waals surface area contributed by atoms with Crippen LogP contribution < -0.4 is 9.67 Å². The van der Waals surface area contributed by atoms with Crippen molar-refractivity contribution in [1.82, 2.24) is 0 Å². The van der Waals surface area contributed by atoms with Crippen LogP contribution in [0.5, 0.6) is 5.75 Å². The summed E-state index contributed by atoms with van der Waals surface area (Å²) in [6.07, 6.45) is 4.04. The molecule has 0 spiro atoms. The van der Waals surface area contributed by atoms with E-state index >= 15 is 0 Å². The summed E-state index contributed by atoms with van der Waals surface area (Å²) in [6.45, 7) is 4.92. The van der Waals surface area contributed by atoms with Gasteiger partial charge in [-0.1, -0.05) is 43.0 Å². The molecule has 23 heavy (non-hydrogen) atoms. The van der Waals surface area contributed by atoms with Crippen molar-refractivity contribution < 1.29 is 9.67 Å². The minimum Gasteiger partial charge on any atom is -0.872 e. The molecule has 0 N–H and O–H groups in total. The van der Waals surface area contributed by atoms with E-state index in [1.165, 1.54) is 3.57 Å². The molecule has 1 heterocycles. The lowest BCUT2D eigenvalue weighted by Crippen LogP contribution is -2.32. The standard InChI is InChI=1S/C20H16INO/c1-15(16-5-7-19(21)8-6-16)14-22-11-9-17(10-12-22)18-3-2-4-20(23)13-18/h2-13H,1,14H2. The quantitative estimate of drug-likeness (QED) is 0.469. The third-order valence-corrected chi connectivity index (χ3v) is 4.40. The summed E-state index contributed by atoms with van der Waals surface area (Å²) in [5.74, 6) is 0.0336. The van der Waals surface area contributed by atoms with E-state index in [2.05, 4.69) is 58.0 Å². The molecule has 0 atom stereocenters. The molecule has 3 heteroatoms. The van der Waals surface area contributed by atoms with Gasteiger partial charge in [0.15, 0.2) is 18.9 Å². The van der Waals surface area contributed by atoms with Gasteiger partial charge >= 0.3 is 0 Å². The Labute approximate surface area is 149 Å². The van der Waals surface area contributed by atoms with E-state index in [9.17, 15) is 5.11 Å². The van der Waals surface area contributed by atoms with Crippen molar-refractivity contribution in [1.29, 1.82) is 0 Å². The van der Waals surface area contributed by atoms with Crippen molar-refractivity contribution in [2.75, 3.05) is 0 Å². The predicted octanol–water partition coefficient (Wildman–Crippen LogP) is 4.03. The van der Waals surface area contributed by atoms with E-state index in [0.717, 1.165) is 28.8 Å². The van der Waals surface area contributed by atoms with Crippen LogP contribution in [0.15, 0.2) is 79.6 Å². The Hall–Kier alpha value is -2.14. The summed E-state index contributed by atoms with van der Waals surface area (Å²) in [6, 6.07) is 19.4. The Morgan fingerprint density at radius 1 is 0.957 bits per heavy atom. The normalized spacial score (nSPS) is 10.5. The van der Waals surface area contributed by atoms with Gasteiger partial charge in [-0.2, -0.15) is 0 Å². The van der Waals surface area contributed by atoms with Crippen LogP contribution in [0.4, 0.5) is 0 Å².